The highest BCUT2D eigenvalue weighted by Gasteiger charge is 2.21. The first-order valence-electron chi connectivity index (χ1n) is 6.81. The molecule has 2 rings (SSSR count). The third-order valence-electron chi connectivity index (χ3n) is 3.53. The zero-order valence-corrected chi connectivity index (χ0v) is 11.6. The molecule has 98 valence electrons. The lowest BCUT2D eigenvalue weighted by molar-refractivity contribution is 0.624. The number of benzene rings is 1. The monoisotopic (exact) mass is 245 g/mol. The van der Waals surface area contributed by atoms with E-state index in [4.69, 9.17) is 0 Å². The second kappa shape index (κ2) is 6.01. The number of aliphatic imine (C=N–C) groups is 1. The predicted molar refractivity (Wildman–Crippen MR) is 77.3 cm³/mol. The van der Waals surface area contributed by atoms with Crippen molar-refractivity contribution in [1.82, 2.24) is 10.6 Å². The first kappa shape index (κ1) is 13.1. The summed E-state index contributed by atoms with van der Waals surface area (Å²) < 4.78 is 0. The molecule has 1 aliphatic heterocycles. The highest BCUT2D eigenvalue weighted by atomic mass is 15.1. The third-order valence-corrected chi connectivity index (χ3v) is 3.53. The van der Waals surface area contributed by atoms with Gasteiger partial charge in [0.05, 0.1) is 12.6 Å². The Hall–Kier alpha value is -1.35. The first-order chi connectivity index (χ1) is 8.74. The molecule has 1 aromatic carbocycles. The van der Waals surface area contributed by atoms with Crippen LogP contribution in [0, 0.1) is 13.8 Å². The van der Waals surface area contributed by atoms with Crippen molar-refractivity contribution in [2.75, 3.05) is 19.6 Å². The van der Waals surface area contributed by atoms with E-state index in [2.05, 4.69) is 54.6 Å². The van der Waals surface area contributed by atoms with E-state index in [0.717, 1.165) is 31.9 Å². The Morgan fingerprint density at radius 2 is 2.22 bits per heavy atom. The first-order valence-corrected chi connectivity index (χ1v) is 6.81. The van der Waals surface area contributed by atoms with Crippen LogP contribution in [0.1, 0.15) is 36.1 Å². The minimum absolute atomic E-state index is 0.215. The van der Waals surface area contributed by atoms with E-state index in [9.17, 15) is 0 Å². The summed E-state index contributed by atoms with van der Waals surface area (Å²) in [5.41, 5.74) is 4.05. The van der Waals surface area contributed by atoms with Gasteiger partial charge in [0.1, 0.15) is 5.84 Å². The highest BCUT2D eigenvalue weighted by Crippen LogP contribution is 2.22. The molecule has 2 N–H and O–H groups in total. The van der Waals surface area contributed by atoms with Gasteiger partial charge in [0.2, 0.25) is 0 Å². The second-order valence-electron chi connectivity index (χ2n) is 4.87. The van der Waals surface area contributed by atoms with Crippen molar-refractivity contribution in [1.29, 1.82) is 0 Å². The summed E-state index contributed by atoms with van der Waals surface area (Å²) in [4.78, 5) is 4.58. The molecule has 0 fully saturated rings. The predicted octanol–water partition coefficient (Wildman–Crippen LogP) is 2.35. The number of amidine groups is 1. The highest BCUT2D eigenvalue weighted by molar-refractivity contribution is 5.90. The van der Waals surface area contributed by atoms with E-state index in [-0.39, 0.29) is 6.04 Å². The third kappa shape index (κ3) is 2.72. The van der Waals surface area contributed by atoms with Crippen molar-refractivity contribution in [2.24, 2.45) is 4.99 Å². The lowest BCUT2D eigenvalue weighted by Crippen LogP contribution is -2.36. The van der Waals surface area contributed by atoms with Crippen LogP contribution >= 0.6 is 0 Å². The quantitative estimate of drug-likeness (QED) is 0.835. The van der Waals surface area contributed by atoms with Gasteiger partial charge in [0.15, 0.2) is 0 Å². The van der Waals surface area contributed by atoms with Crippen molar-refractivity contribution in [3.8, 4) is 0 Å². The number of nitrogens with one attached hydrogen (secondary N) is 2. The molecule has 1 aliphatic rings. The zero-order chi connectivity index (χ0) is 13.0. The molecule has 3 heteroatoms. The molecule has 0 aliphatic carbocycles. The number of hydrogen-bond acceptors (Lipinski definition) is 3. The maximum absolute atomic E-state index is 4.58. The van der Waals surface area contributed by atoms with E-state index in [1.165, 1.54) is 16.7 Å². The maximum atomic E-state index is 4.58. The molecule has 0 amide bonds. The van der Waals surface area contributed by atoms with Gasteiger partial charge in [-0.3, -0.25) is 4.99 Å². The van der Waals surface area contributed by atoms with Gasteiger partial charge < -0.3 is 10.6 Å². The minimum Gasteiger partial charge on any atom is -0.370 e. The van der Waals surface area contributed by atoms with Gasteiger partial charge in [-0.05, 0) is 43.5 Å². The summed E-state index contributed by atoms with van der Waals surface area (Å²) in [6.45, 7) is 9.42. The minimum atomic E-state index is 0.215. The Kier molecular flexibility index (Phi) is 4.37. The molecule has 18 heavy (non-hydrogen) atoms. The van der Waals surface area contributed by atoms with Crippen molar-refractivity contribution >= 4 is 5.84 Å². The molecule has 0 spiro atoms. The van der Waals surface area contributed by atoms with Crippen molar-refractivity contribution < 1.29 is 0 Å². The Balaban J connectivity index is 2.30. The van der Waals surface area contributed by atoms with Gasteiger partial charge in [0, 0.05) is 6.54 Å². The van der Waals surface area contributed by atoms with E-state index in [1.807, 2.05) is 0 Å². The van der Waals surface area contributed by atoms with Crippen LogP contribution in [0.3, 0.4) is 0 Å². The Bertz CT molecular complexity index is 437. The topological polar surface area (TPSA) is 36.4 Å². The summed E-state index contributed by atoms with van der Waals surface area (Å²) in [7, 11) is 0. The van der Waals surface area contributed by atoms with Crippen LogP contribution < -0.4 is 10.6 Å². The molecular formula is C15H23N3. The van der Waals surface area contributed by atoms with Gasteiger partial charge in [-0.15, -0.1) is 0 Å². The molecule has 0 radical (unpaired) electrons. The largest absolute Gasteiger partial charge is 0.370 e. The molecular weight excluding hydrogens is 222 g/mol. The fourth-order valence-electron chi connectivity index (χ4n) is 2.34. The summed E-state index contributed by atoms with van der Waals surface area (Å²) >= 11 is 0. The van der Waals surface area contributed by atoms with Crippen molar-refractivity contribution in [3.63, 3.8) is 0 Å². The molecule has 3 nitrogen and oxygen atoms in total. The van der Waals surface area contributed by atoms with E-state index >= 15 is 0 Å². The van der Waals surface area contributed by atoms with Crippen LogP contribution in [0.4, 0.5) is 0 Å². The molecule has 1 aromatic rings. The molecule has 0 saturated carbocycles. The standard InChI is InChI=1S/C15H23N3/c1-4-8-16-14(15-17-9-10-18-15)13-7-5-6-11(2)12(13)3/h5-7,14,16H,4,8-10H2,1-3H3,(H,17,18). The summed E-state index contributed by atoms with van der Waals surface area (Å²) in [5.74, 6) is 1.09. The number of rotatable bonds is 5. The smallest absolute Gasteiger partial charge is 0.118 e. The summed E-state index contributed by atoms with van der Waals surface area (Å²) in [6, 6.07) is 6.72. The number of aryl methyl sites for hydroxylation is 1. The van der Waals surface area contributed by atoms with Crippen LogP contribution in [0.2, 0.25) is 0 Å². The molecule has 1 unspecified atom stereocenters. The second-order valence-corrected chi connectivity index (χ2v) is 4.87. The lowest BCUT2D eigenvalue weighted by Gasteiger charge is -2.22. The Morgan fingerprint density at radius 3 is 2.89 bits per heavy atom. The Morgan fingerprint density at radius 1 is 1.39 bits per heavy atom. The number of nitrogens with zero attached hydrogens (tertiary/aromatic N) is 1. The van der Waals surface area contributed by atoms with Crippen LogP contribution in [-0.2, 0) is 0 Å². The van der Waals surface area contributed by atoms with Gasteiger partial charge in [-0.2, -0.15) is 0 Å². The number of hydrogen-bond donors (Lipinski definition) is 2. The maximum Gasteiger partial charge on any atom is 0.118 e. The van der Waals surface area contributed by atoms with Crippen LogP contribution in [-0.4, -0.2) is 25.5 Å². The van der Waals surface area contributed by atoms with E-state index < -0.39 is 0 Å². The van der Waals surface area contributed by atoms with E-state index in [0.29, 0.717) is 0 Å². The SMILES string of the molecule is CCCNC(C1=NCCN1)c1cccc(C)c1C. The molecule has 0 bridgehead atoms. The zero-order valence-electron chi connectivity index (χ0n) is 11.6. The van der Waals surface area contributed by atoms with Crippen LogP contribution in [0.5, 0.6) is 0 Å². The van der Waals surface area contributed by atoms with Crippen LogP contribution in [0.25, 0.3) is 0 Å². The molecule has 1 atom stereocenters. The average Bonchev–Trinajstić information content (AvgIpc) is 2.88. The van der Waals surface area contributed by atoms with Gasteiger partial charge in [0.25, 0.3) is 0 Å². The molecule has 0 aromatic heterocycles. The van der Waals surface area contributed by atoms with Gasteiger partial charge in [-0.25, -0.2) is 0 Å². The summed E-state index contributed by atoms with van der Waals surface area (Å²) in [5, 5.41) is 7.00. The van der Waals surface area contributed by atoms with Gasteiger partial charge >= 0.3 is 0 Å². The van der Waals surface area contributed by atoms with Gasteiger partial charge in [-0.1, -0.05) is 25.1 Å². The molecule has 0 saturated heterocycles. The van der Waals surface area contributed by atoms with E-state index in [1.54, 1.807) is 0 Å². The van der Waals surface area contributed by atoms with Crippen molar-refractivity contribution in [2.45, 2.75) is 33.2 Å². The Labute approximate surface area is 110 Å². The normalized spacial score (nSPS) is 16.3. The van der Waals surface area contributed by atoms with Crippen LogP contribution in [0.15, 0.2) is 23.2 Å². The average molecular weight is 245 g/mol. The lowest BCUT2D eigenvalue weighted by atomic mass is 9.96. The van der Waals surface area contributed by atoms with Crippen molar-refractivity contribution in [3.05, 3.63) is 34.9 Å². The summed E-state index contributed by atoms with van der Waals surface area (Å²) in [6.07, 6.45) is 1.13. The molecule has 1 heterocycles. The fourth-order valence-corrected chi connectivity index (χ4v) is 2.34. The fraction of sp³-hybridized carbons (Fsp3) is 0.533.